The molecule has 0 N–H and O–H groups in total. The van der Waals surface area contributed by atoms with Gasteiger partial charge in [0.15, 0.2) is 0 Å². The summed E-state index contributed by atoms with van der Waals surface area (Å²) >= 11 is 2.79. The number of aromatic nitrogens is 2. The van der Waals surface area contributed by atoms with Crippen molar-refractivity contribution in [2.24, 2.45) is 0 Å². The highest BCUT2D eigenvalue weighted by atomic mass is 32.1. The topological polar surface area (TPSA) is 25.8 Å². The van der Waals surface area contributed by atoms with Gasteiger partial charge in [-0.2, -0.15) is 26.3 Å². The lowest BCUT2D eigenvalue weighted by Gasteiger charge is -2.06. The molecule has 0 aliphatic rings. The van der Waals surface area contributed by atoms with E-state index in [1.165, 1.54) is 46.9 Å². The maximum atomic E-state index is 12.8. The number of hydrogen-bond donors (Lipinski definition) is 0. The van der Waals surface area contributed by atoms with Crippen LogP contribution in [-0.2, 0) is 12.4 Å². The highest BCUT2D eigenvalue weighted by molar-refractivity contribution is 7.19. The van der Waals surface area contributed by atoms with Crippen LogP contribution in [0, 0.1) is 0 Å². The molecule has 0 fully saturated rings. The van der Waals surface area contributed by atoms with Gasteiger partial charge < -0.3 is 0 Å². The Kier molecular flexibility index (Phi) is 6.17. The number of rotatable bonds is 4. The Morgan fingerprint density at radius 3 is 1.08 bits per heavy atom. The summed E-state index contributed by atoms with van der Waals surface area (Å²) < 4.78 is 76.8. The normalized spacial score (nSPS) is 12.2. The minimum absolute atomic E-state index is 0.626. The van der Waals surface area contributed by atoms with Gasteiger partial charge in [0, 0.05) is 9.75 Å². The summed E-state index contributed by atoms with van der Waals surface area (Å²) in [5, 5.41) is 0. The zero-order chi connectivity index (χ0) is 25.5. The first-order valence-corrected chi connectivity index (χ1v) is 12.1. The Hall–Kier alpha value is -3.50. The molecule has 3 aromatic heterocycles. The fourth-order valence-electron chi connectivity index (χ4n) is 3.49. The maximum Gasteiger partial charge on any atom is 0.416 e. The second-order valence-corrected chi connectivity index (χ2v) is 9.93. The lowest BCUT2D eigenvalue weighted by molar-refractivity contribution is -0.138. The molecule has 0 aliphatic heterocycles. The van der Waals surface area contributed by atoms with Crippen molar-refractivity contribution in [2.75, 3.05) is 0 Å². The van der Waals surface area contributed by atoms with Crippen molar-refractivity contribution in [3.05, 3.63) is 96.3 Å². The minimum atomic E-state index is -4.38. The number of benzene rings is 2. The first kappa shape index (κ1) is 24.2. The van der Waals surface area contributed by atoms with Gasteiger partial charge in [0.05, 0.1) is 44.7 Å². The molecule has 10 heteroatoms. The highest BCUT2D eigenvalue weighted by Gasteiger charge is 2.30. The molecule has 0 radical (unpaired) electrons. The van der Waals surface area contributed by atoms with Crippen molar-refractivity contribution in [1.29, 1.82) is 0 Å². The molecule has 0 aliphatic carbocycles. The van der Waals surface area contributed by atoms with Crippen LogP contribution >= 0.6 is 22.7 Å². The predicted octanol–water partition coefficient (Wildman–Crippen LogP) is 9.31. The van der Waals surface area contributed by atoms with Gasteiger partial charge in [0.25, 0.3) is 0 Å². The van der Waals surface area contributed by atoms with Crippen molar-refractivity contribution in [2.45, 2.75) is 12.4 Å². The van der Waals surface area contributed by atoms with Crippen molar-refractivity contribution >= 4 is 22.7 Å². The average molecular weight is 533 g/mol. The standard InChI is InChI=1S/C26H14F6N2S2/c27-25(28,29)17-5-1-15(2-6-17)21-9-11-23(35-21)19-13-34-20(14-33-19)24-12-10-22(36-24)16-3-7-18(8-4-16)26(30,31)32/h1-14H. The molecule has 3 heterocycles. The largest absolute Gasteiger partial charge is 0.416 e. The lowest BCUT2D eigenvalue weighted by Crippen LogP contribution is -2.03. The van der Waals surface area contributed by atoms with E-state index >= 15 is 0 Å². The van der Waals surface area contributed by atoms with Gasteiger partial charge in [-0.05, 0) is 59.7 Å². The Bertz CT molecular complexity index is 1370. The molecule has 0 bridgehead atoms. The highest BCUT2D eigenvalue weighted by Crippen LogP contribution is 2.38. The zero-order valence-corrected chi connectivity index (χ0v) is 19.7. The van der Waals surface area contributed by atoms with Crippen LogP contribution in [0.5, 0.6) is 0 Å². The van der Waals surface area contributed by atoms with Gasteiger partial charge >= 0.3 is 12.4 Å². The Balaban J connectivity index is 1.32. The number of halogens is 6. The Morgan fingerprint density at radius 2 is 0.778 bits per heavy atom. The van der Waals surface area contributed by atoms with Gasteiger partial charge in [0.2, 0.25) is 0 Å². The summed E-state index contributed by atoms with van der Waals surface area (Å²) in [6.07, 6.45) is -5.51. The molecule has 0 amide bonds. The number of hydrogen-bond acceptors (Lipinski definition) is 4. The second kappa shape index (κ2) is 9.18. The summed E-state index contributed by atoms with van der Waals surface area (Å²) in [6.45, 7) is 0. The van der Waals surface area contributed by atoms with E-state index in [9.17, 15) is 26.3 Å². The third-order valence-electron chi connectivity index (χ3n) is 5.36. The van der Waals surface area contributed by atoms with E-state index in [0.717, 1.165) is 43.8 Å². The van der Waals surface area contributed by atoms with E-state index in [4.69, 9.17) is 0 Å². The molecule has 0 spiro atoms. The van der Waals surface area contributed by atoms with Gasteiger partial charge in [-0.1, -0.05) is 24.3 Å². The average Bonchev–Trinajstić information content (AvgIpc) is 3.54. The number of alkyl halides is 6. The fraction of sp³-hybridized carbons (Fsp3) is 0.0769. The first-order valence-electron chi connectivity index (χ1n) is 10.5. The first-order chi connectivity index (χ1) is 17.1. The summed E-state index contributed by atoms with van der Waals surface area (Å²) in [5.74, 6) is 0. The van der Waals surface area contributed by atoms with E-state index in [-0.39, 0.29) is 0 Å². The fourth-order valence-corrected chi connectivity index (χ4v) is 5.44. The molecule has 2 aromatic carbocycles. The summed E-state index contributed by atoms with van der Waals surface area (Å²) in [7, 11) is 0. The molecule has 36 heavy (non-hydrogen) atoms. The quantitative estimate of drug-likeness (QED) is 0.216. The maximum absolute atomic E-state index is 12.8. The van der Waals surface area contributed by atoms with Crippen LogP contribution < -0.4 is 0 Å². The third-order valence-corrected chi connectivity index (χ3v) is 7.68. The monoisotopic (exact) mass is 532 g/mol. The molecule has 0 saturated carbocycles. The van der Waals surface area contributed by atoms with E-state index < -0.39 is 23.5 Å². The SMILES string of the molecule is FC(F)(F)c1ccc(-c2ccc(-c3cnc(-c4ccc(-c5ccc(C(F)(F)F)cc5)s4)cn3)s2)cc1. The van der Waals surface area contributed by atoms with Crippen LogP contribution in [-0.4, -0.2) is 9.97 Å². The summed E-state index contributed by atoms with van der Waals surface area (Å²) in [4.78, 5) is 12.2. The van der Waals surface area contributed by atoms with Gasteiger partial charge in [0.1, 0.15) is 0 Å². The lowest BCUT2D eigenvalue weighted by atomic mass is 10.1. The van der Waals surface area contributed by atoms with Gasteiger partial charge in [-0.15, -0.1) is 22.7 Å². The van der Waals surface area contributed by atoms with Crippen molar-refractivity contribution < 1.29 is 26.3 Å². The number of nitrogens with zero attached hydrogens (tertiary/aromatic N) is 2. The third kappa shape index (κ3) is 5.05. The van der Waals surface area contributed by atoms with Crippen molar-refractivity contribution in [3.8, 4) is 42.0 Å². The van der Waals surface area contributed by atoms with Crippen molar-refractivity contribution in [1.82, 2.24) is 9.97 Å². The van der Waals surface area contributed by atoms with Crippen molar-refractivity contribution in [3.63, 3.8) is 0 Å². The van der Waals surface area contributed by atoms with Crippen LogP contribution in [0.3, 0.4) is 0 Å². The predicted molar refractivity (Wildman–Crippen MR) is 130 cm³/mol. The summed E-state index contributed by atoms with van der Waals surface area (Å²) in [5.41, 5.74) is 1.22. The zero-order valence-electron chi connectivity index (χ0n) is 18.1. The van der Waals surface area contributed by atoms with Crippen LogP contribution in [0.2, 0.25) is 0 Å². The molecule has 0 saturated heterocycles. The van der Waals surface area contributed by atoms with Gasteiger partial charge in [-0.3, -0.25) is 9.97 Å². The van der Waals surface area contributed by atoms with Crippen LogP contribution in [0.4, 0.5) is 26.3 Å². The Labute approximate surface area is 209 Å². The van der Waals surface area contributed by atoms with Gasteiger partial charge in [-0.25, -0.2) is 0 Å². The number of thiophene rings is 2. The van der Waals surface area contributed by atoms with E-state index in [1.807, 2.05) is 24.3 Å². The van der Waals surface area contributed by atoms with Crippen LogP contribution in [0.15, 0.2) is 85.2 Å². The molecular weight excluding hydrogens is 518 g/mol. The molecule has 5 rings (SSSR count). The minimum Gasteiger partial charge on any atom is -0.251 e. The molecular formula is C26H14F6N2S2. The molecule has 182 valence electrons. The Morgan fingerprint density at radius 1 is 0.444 bits per heavy atom. The molecule has 2 nitrogen and oxygen atoms in total. The van der Waals surface area contributed by atoms with Crippen LogP contribution in [0.25, 0.3) is 42.0 Å². The second-order valence-electron chi connectivity index (χ2n) is 7.76. The van der Waals surface area contributed by atoms with E-state index in [0.29, 0.717) is 22.5 Å². The molecule has 0 atom stereocenters. The molecule has 0 unspecified atom stereocenters. The van der Waals surface area contributed by atoms with E-state index in [1.54, 1.807) is 12.4 Å². The molecule has 5 aromatic rings. The summed E-state index contributed by atoms with van der Waals surface area (Å²) in [6, 6.07) is 17.3. The van der Waals surface area contributed by atoms with E-state index in [2.05, 4.69) is 9.97 Å². The smallest absolute Gasteiger partial charge is 0.251 e. The van der Waals surface area contributed by atoms with Crippen LogP contribution in [0.1, 0.15) is 11.1 Å².